The standard InChI is InChI=1S/C18H28N2O/c1-15-7-8-18(21)16(13-15)14-19-9-11-20(12-10-19)17-5-3-2-4-6-17/h2-6,15-16,18,21H,7-14H2,1H3. The van der Waals surface area contributed by atoms with Crippen LogP contribution in [0.4, 0.5) is 5.69 Å². The van der Waals surface area contributed by atoms with Gasteiger partial charge in [-0.2, -0.15) is 0 Å². The third-order valence-electron chi connectivity index (χ3n) is 5.19. The molecule has 0 aromatic heterocycles. The lowest BCUT2D eigenvalue weighted by Gasteiger charge is -2.40. The third kappa shape index (κ3) is 3.78. The van der Waals surface area contributed by atoms with Crippen molar-refractivity contribution in [3.05, 3.63) is 30.3 Å². The van der Waals surface area contributed by atoms with E-state index < -0.39 is 0 Å². The molecule has 2 fully saturated rings. The topological polar surface area (TPSA) is 26.7 Å². The Balaban J connectivity index is 1.49. The lowest BCUT2D eigenvalue weighted by Crippen LogP contribution is -2.49. The van der Waals surface area contributed by atoms with E-state index in [-0.39, 0.29) is 6.10 Å². The zero-order valence-corrected chi connectivity index (χ0v) is 13.1. The van der Waals surface area contributed by atoms with Crippen LogP contribution in [-0.4, -0.2) is 48.8 Å². The van der Waals surface area contributed by atoms with Crippen LogP contribution in [0.1, 0.15) is 26.2 Å². The molecule has 1 saturated heterocycles. The first-order valence-electron chi connectivity index (χ1n) is 8.43. The zero-order chi connectivity index (χ0) is 14.7. The molecule has 3 rings (SSSR count). The summed E-state index contributed by atoms with van der Waals surface area (Å²) in [6.07, 6.45) is 3.31. The Labute approximate surface area is 128 Å². The van der Waals surface area contributed by atoms with Gasteiger partial charge < -0.3 is 10.0 Å². The molecule has 116 valence electrons. The molecule has 1 aliphatic carbocycles. The molecular formula is C18H28N2O. The van der Waals surface area contributed by atoms with Crippen LogP contribution in [0.25, 0.3) is 0 Å². The first kappa shape index (κ1) is 14.9. The molecule has 1 aliphatic heterocycles. The van der Waals surface area contributed by atoms with Crippen molar-refractivity contribution in [2.24, 2.45) is 11.8 Å². The van der Waals surface area contributed by atoms with Crippen LogP contribution < -0.4 is 4.90 Å². The molecule has 0 radical (unpaired) electrons. The van der Waals surface area contributed by atoms with Gasteiger partial charge in [0.1, 0.15) is 0 Å². The fourth-order valence-corrected chi connectivity index (χ4v) is 3.84. The lowest BCUT2D eigenvalue weighted by atomic mass is 9.80. The van der Waals surface area contributed by atoms with Gasteiger partial charge in [-0.25, -0.2) is 0 Å². The number of anilines is 1. The summed E-state index contributed by atoms with van der Waals surface area (Å²) in [6.45, 7) is 7.84. The highest BCUT2D eigenvalue weighted by atomic mass is 16.3. The third-order valence-corrected chi connectivity index (χ3v) is 5.19. The molecule has 3 heteroatoms. The van der Waals surface area contributed by atoms with E-state index in [0.29, 0.717) is 5.92 Å². The van der Waals surface area contributed by atoms with Crippen molar-refractivity contribution in [2.75, 3.05) is 37.6 Å². The second-order valence-corrected chi connectivity index (χ2v) is 6.87. The number of aliphatic hydroxyl groups excluding tert-OH is 1. The van der Waals surface area contributed by atoms with Crippen molar-refractivity contribution in [2.45, 2.75) is 32.3 Å². The average Bonchev–Trinajstić information content (AvgIpc) is 2.53. The van der Waals surface area contributed by atoms with Gasteiger partial charge in [-0.15, -0.1) is 0 Å². The molecule has 0 amide bonds. The number of hydrogen-bond acceptors (Lipinski definition) is 3. The summed E-state index contributed by atoms with van der Waals surface area (Å²) in [5.74, 6) is 1.26. The Morgan fingerprint density at radius 3 is 2.48 bits per heavy atom. The lowest BCUT2D eigenvalue weighted by molar-refractivity contribution is 0.0296. The molecule has 3 unspecified atom stereocenters. The average molecular weight is 288 g/mol. The van der Waals surface area contributed by atoms with Gasteiger partial charge in [-0.1, -0.05) is 25.1 Å². The largest absolute Gasteiger partial charge is 0.393 e. The second-order valence-electron chi connectivity index (χ2n) is 6.87. The number of aliphatic hydroxyl groups is 1. The Bertz CT molecular complexity index is 428. The van der Waals surface area contributed by atoms with E-state index in [1.54, 1.807) is 0 Å². The highest BCUT2D eigenvalue weighted by molar-refractivity contribution is 5.46. The molecule has 21 heavy (non-hydrogen) atoms. The molecule has 0 spiro atoms. The fraction of sp³-hybridized carbons (Fsp3) is 0.667. The van der Waals surface area contributed by atoms with Gasteiger partial charge in [-0.3, -0.25) is 4.90 Å². The molecule has 2 aliphatic rings. The molecule has 1 heterocycles. The number of rotatable bonds is 3. The minimum Gasteiger partial charge on any atom is -0.393 e. The smallest absolute Gasteiger partial charge is 0.0580 e. The van der Waals surface area contributed by atoms with Gasteiger partial charge in [0, 0.05) is 38.4 Å². The summed E-state index contributed by atoms with van der Waals surface area (Å²) in [5, 5.41) is 10.2. The molecule has 1 aromatic carbocycles. The van der Waals surface area contributed by atoms with Crippen LogP contribution in [0.15, 0.2) is 30.3 Å². The molecule has 3 atom stereocenters. The van der Waals surface area contributed by atoms with E-state index in [9.17, 15) is 5.11 Å². The van der Waals surface area contributed by atoms with Crippen molar-refractivity contribution in [3.63, 3.8) is 0 Å². The normalized spacial score (nSPS) is 31.3. The van der Waals surface area contributed by atoms with Gasteiger partial charge in [0.2, 0.25) is 0 Å². The van der Waals surface area contributed by atoms with E-state index in [4.69, 9.17) is 0 Å². The Kier molecular flexibility index (Phi) is 4.81. The minimum atomic E-state index is -0.0756. The molecular weight excluding hydrogens is 260 g/mol. The van der Waals surface area contributed by atoms with Gasteiger partial charge in [0.15, 0.2) is 0 Å². The summed E-state index contributed by atoms with van der Waals surface area (Å²) in [6, 6.07) is 10.7. The van der Waals surface area contributed by atoms with Crippen LogP contribution >= 0.6 is 0 Å². The predicted molar refractivity (Wildman–Crippen MR) is 87.6 cm³/mol. The van der Waals surface area contributed by atoms with Crippen LogP contribution in [-0.2, 0) is 0 Å². The van der Waals surface area contributed by atoms with Crippen molar-refractivity contribution in [1.82, 2.24) is 4.90 Å². The van der Waals surface area contributed by atoms with E-state index in [2.05, 4.69) is 47.1 Å². The summed E-state index contributed by atoms with van der Waals surface area (Å²) in [5.41, 5.74) is 1.34. The van der Waals surface area contributed by atoms with Crippen LogP contribution in [0.3, 0.4) is 0 Å². The van der Waals surface area contributed by atoms with Crippen molar-refractivity contribution < 1.29 is 5.11 Å². The van der Waals surface area contributed by atoms with Gasteiger partial charge >= 0.3 is 0 Å². The maximum atomic E-state index is 10.2. The van der Waals surface area contributed by atoms with Crippen LogP contribution in [0.5, 0.6) is 0 Å². The van der Waals surface area contributed by atoms with Gasteiger partial charge in [0.05, 0.1) is 6.10 Å². The second kappa shape index (κ2) is 6.80. The quantitative estimate of drug-likeness (QED) is 0.926. The predicted octanol–water partition coefficient (Wildman–Crippen LogP) is 2.61. The summed E-state index contributed by atoms with van der Waals surface area (Å²) in [4.78, 5) is 5.02. The van der Waals surface area contributed by atoms with E-state index in [0.717, 1.165) is 45.1 Å². The van der Waals surface area contributed by atoms with E-state index in [1.165, 1.54) is 18.5 Å². The maximum absolute atomic E-state index is 10.2. The SMILES string of the molecule is CC1CCC(O)C(CN2CCN(c3ccccc3)CC2)C1. The monoisotopic (exact) mass is 288 g/mol. The van der Waals surface area contributed by atoms with Crippen molar-refractivity contribution in [1.29, 1.82) is 0 Å². The van der Waals surface area contributed by atoms with E-state index >= 15 is 0 Å². The number of nitrogens with zero attached hydrogens (tertiary/aromatic N) is 2. The molecule has 1 saturated carbocycles. The fourth-order valence-electron chi connectivity index (χ4n) is 3.84. The van der Waals surface area contributed by atoms with Crippen LogP contribution in [0, 0.1) is 11.8 Å². The first-order valence-corrected chi connectivity index (χ1v) is 8.43. The highest BCUT2D eigenvalue weighted by Crippen LogP contribution is 2.30. The van der Waals surface area contributed by atoms with Gasteiger partial charge in [0.25, 0.3) is 0 Å². The molecule has 1 N–H and O–H groups in total. The molecule has 3 nitrogen and oxygen atoms in total. The zero-order valence-electron chi connectivity index (χ0n) is 13.1. The Morgan fingerprint density at radius 1 is 1.05 bits per heavy atom. The summed E-state index contributed by atoms with van der Waals surface area (Å²) in [7, 11) is 0. The van der Waals surface area contributed by atoms with Crippen molar-refractivity contribution >= 4 is 5.69 Å². The number of hydrogen-bond donors (Lipinski definition) is 1. The van der Waals surface area contributed by atoms with Gasteiger partial charge in [-0.05, 0) is 43.2 Å². The summed E-state index contributed by atoms with van der Waals surface area (Å²) < 4.78 is 0. The maximum Gasteiger partial charge on any atom is 0.0580 e. The van der Waals surface area contributed by atoms with E-state index in [1.807, 2.05) is 0 Å². The van der Waals surface area contributed by atoms with Crippen LogP contribution in [0.2, 0.25) is 0 Å². The number of para-hydroxylation sites is 1. The number of benzene rings is 1. The molecule has 1 aromatic rings. The number of piperazine rings is 1. The highest BCUT2D eigenvalue weighted by Gasteiger charge is 2.29. The molecule has 0 bridgehead atoms. The summed E-state index contributed by atoms with van der Waals surface area (Å²) >= 11 is 0. The Morgan fingerprint density at radius 2 is 1.76 bits per heavy atom. The minimum absolute atomic E-state index is 0.0756. The first-order chi connectivity index (χ1) is 10.2. The Hall–Kier alpha value is -1.06. The van der Waals surface area contributed by atoms with Crippen molar-refractivity contribution in [3.8, 4) is 0 Å².